The van der Waals surface area contributed by atoms with Crippen LogP contribution in [-0.2, 0) is 4.79 Å². The van der Waals surface area contributed by atoms with Gasteiger partial charge in [-0.15, -0.1) is 0 Å². The standard InChI is InChI=1S/C21H31ClN2O2/c1-16-13-19(14-17(2)21(16)22)26-15-20(25)24-11-4-3-7-18(24)8-12-23-9-5-6-10-23/h13-14,18H,3-12,15H2,1-2H3. The summed E-state index contributed by atoms with van der Waals surface area (Å²) in [6.07, 6.45) is 7.18. The quantitative estimate of drug-likeness (QED) is 0.743. The van der Waals surface area contributed by atoms with E-state index >= 15 is 0 Å². The molecular formula is C21H31ClN2O2. The largest absolute Gasteiger partial charge is 0.484 e. The molecule has 1 aromatic carbocycles. The third-order valence-corrected chi connectivity index (χ3v) is 6.29. The van der Waals surface area contributed by atoms with Gasteiger partial charge in [-0.3, -0.25) is 4.79 Å². The fourth-order valence-electron chi connectivity index (χ4n) is 4.18. The van der Waals surface area contributed by atoms with Crippen molar-refractivity contribution in [2.75, 3.05) is 32.8 Å². The van der Waals surface area contributed by atoms with Crippen LogP contribution in [0.15, 0.2) is 12.1 Å². The molecule has 3 rings (SSSR count). The van der Waals surface area contributed by atoms with Gasteiger partial charge >= 0.3 is 0 Å². The third kappa shape index (κ3) is 4.92. The molecular weight excluding hydrogens is 348 g/mol. The summed E-state index contributed by atoms with van der Waals surface area (Å²) >= 11 is 6.21. The van der Waals surface area contributed by atoms with Gasteiger partial charge in [-0.05, 0) is 88.7 Å². The molecule has 0 bridgehead atoms. The van der Waals surface area contributed by atoms with Crippen molar-refractivity contribution in [3.8, 4) is 5.75 Å². The van der Waals surface area contributed by atoms with Crippen molar-refractivity contribution in [1.29, 1.82) is 0 Å². The molecule has 0 aliphatic carbocycles. The second-order valence-corrected chi connectivity index (χ2v) is 8.11. The summed E-state index contributed by atoms with van der Waals surface area (Å²) in [5.74, 6) is 0.838. The Morgan fingerprint density at radius 1 is 1.12 bits per heavy atom. The molecule has 144 valence electrons. The molecule has 1 unspecified atom stereocenters. The predicted molar refractivity (Wildman–Crippen MR) is 106 cm³/mol. The van der Waals surface area contributed by atoms with Crippen molar-refractivity contribution < 1.29 is 9.53 Å². The molecule has 2 aliphatic rings. The Labute approximate surface area is 162 Å². The second kappa shape index (κ2) is 9.09. The van der Waals surface area contributed by atoms with E-state index in [-0.39, 0.29) is 12.5 Å². The Morgan fingerprint density at radius 3 is 2.46 bits per heavy atom. The van der Waals surface area contributed by atoms with Crippen molar-refractivity contribution in [2.24, 2.45) is 0 Å². The number of amides is 1. The van der Waals surface area contributed by atoms with Crippen LogP contribution >= 0.6 is 11.6 Å². The van der Waals surface area contributed by atoms with Crippen molar-refractivity contribution in [2.45, 2.75) is 58.4 Å². The zero-order valence-corrected chi connectivity index (χ0v) is 16.9. The number of carbonyl (C=O) groups excluding carboxylic acids is 1. The summed E-state index contributed by atoms with van der Waals surface area (Å²) in [6, 6.07) is 4.18. The summed E-state index contributed by atoms with van der Waals surface area (Å²) in [5.41, 5.74) is 1.96. The van der Waals surface area contributed by atoms with Crippen LogP contribution in [-0.4, -0.2) is 54.5 Å². The molecule has 0 radical (unpaired) electrons. The Hall–Kier alpha value is -1.26. The number of likely N-dealkylation sites (tertiary alicyclic amines) is 2. The maximum Gasteiger partial charge on any atom is 0.260 e. The highest BCUT2D eigenvalue weighted by Crippen LogP contribution is 2.26. The summed E-state index contributed by atoms with van der Waals surface area (Å²) in [6.45, 7) is 8.46. The number of ether oxygens (including phenoxy) is 1. The molecule has 1 amide bonds. The van der Waals surface area contributed by atoms with Crippen molar-refractivity contribution >= 4 is 17.5 Å². The highest BCUT2D eigenvalue weighted by molar-refractivity contribution is 6.32. The van der Waals surface area contributed by atoms with E-state index in [1.54, 1.807) is 0 Å². The zero-order chi connectivity index (χ0) is 18.5. The van der Waals surface area contributed by atoms with Crippen molar-refractivity contribution in [3.63, 3.8) is 0 Å². The first-order chi connectivity index (χ1) is 12.5. The maximum absolute atomic E-state index is 12.8. The van der Waals surface area contributed by atoms with Gasteiger partial charge < -0.3 is 14.5 Å². The van der Waals surface area contributed by atoms with Crippen LogP contribution in [0.4, 0.5) is 0 Å². The lowest BCUT2D eigenvalue weighted by Crippen LogP contribution is -2.47. The minimum Gasteiger partial charge on any atom is -0.484 e. The number of aryl methyl sites for hydroxylation is 2. The highest BCUT2D eigenvalue weighted by atomic mass is 35.5. The number of benzene rings is 1. The second-order valence-electron chi connectivity index (χ2n) is 7.73. The highest BCUT2D eigenvalue weighted by Gasteiger charge is 2.27. The van der Waals surface area contributed by atoms with E-state index in [0.717, 1.165) is 54.3 Å². The van der Waals surface area contributed by atoms with Gasteiger partial charge in [0.25, 0.3) is 5.91 Å². The van der Waals surface area contributed by atoms with E-state index in [4.69, 9.17) is 16.3 Å². The molecule has 0 aromatic heterocycles. The van der Waals surface area contributed by atoms with E-state index in [0.29, 0.717) is 6.04 Å². The molecule has 2 fully saturated rings. The van der Waals surface area contributed by atoms with Crippen LogP contribution in [0.3, 0.4) is 0 Å². The molecule has 4 nitrogen and oxygen atoms in total. The molecule has 0 N–H and O–H groups in total. The SMILES string of the molecule is Cc1cc(OCC(=O)N2CCCCC2CCN2CCCC2)cc(C)c1Cl. The van der Waals surface area contributed by atoms with E-state index < -0.39 is 0 Å². The normalized spacial score (nSPS) is 21.2. The third-order valence-electron chi connectivity index (χ3n) is 5.70. The van der Waals surface area contributed by atoms with Gasteiger partial charge in [0.2, 0.25) is 0 Å². The molecule has 1 atom stereocenters. The number of hydrogen-bond acceptors (Lipinski definition) is 3. The van der Waals surface area contributed by atoms with Gasteiger partial charge in [-0.25, -0.2) is 0 Å². The molecule has 1 aromatic rings. The summed E-state index contributed by atoms with van der Waals surface area (Å²) < 4.78 is 5.80. The summed E-state index contributed by atoms with van der Waals surface area (Å²) in [7, 11) is 0. The molecule has 0 spiro atoms. The number of piperidine rings is 1. The average Bonchev–Trinajstić information content (AvgIpc) is 3.16. The number of halogens is 1. The lowest BCUT2D eigenvalue weighted by Gasteiger charge is -2.36. The number of carbonyl (C=O) groups is 1. The van der Waals surface area contributed by atoms with Crippen LogP contribution in [0.1, 0.15) is 49.7 Å². The topological polar surface area (TPSA) is 32.8 Å². The van der Waals surface area contributed by atoms with Crippen LogP contribution in [0.25, 0.3) is 0 Å². The molecule has 5 heteroatoms. The Kier molecular flexibility index (Phi) is 6.82. The first-order valence-electron chi connectivity index (χ1n) is 9.96. The van der Waals surface area contributed by atoms with Gasteiger partial charge in [0.15, 0.2) is 6.61 Å². The molecule has 0 saturated carbocycles. The number of hydrogen-bond donors (Lipinski definition) is 0. The Morgan fingerprint density at radius 2 is 1.77 bits per heavy atom. The zero-order valence-electron chi connectivity index (χ0n) is 16.1. The fourth-order valence-corrected chi connectivity index (χ4v) is 4.29. The van der Waals surface area contributed by atoms with Crippen molar-refractivity contribution in [3.05, 3.63) is 28.3 Å². The van der Waals surface area contributed by atoms with Gasteiger partial charge in [0, 0.05) is 24.2 Å². The molecule has 2 heterocycles. The van der Waals surface area contributed by atoms with Crippen LogP contribution in [0.2, 0.25) is 5.02 Å². The average molecular weight is 379 g/mol. The predicted octanol–water partition coefficient (Wildman–Crippen LogP) is 4.20. The first kappa shape index (κ1) is 19.5. The smallest absolute Gasteiger partial charge is 0.260 e. The van der Waals surface area contributed by atoms with Crippen LogP contribution in [0, 0.1) is 13.8 Å². The van der Waals surface area contributed by atoms with Crippen LogP contribution < -0.4 is 4.74 Å². The van der Waals surface area contributed by atoms with Crippen molar-refractivity contribution in [1.82, 2.24) is 9.80 Å². The minimum absolute atomic E-state index is 0.112. The Bertz CT molecular complexity index is 605. The van der Waals surface area contributed by atoms with Crippen LogP contribution in [0.5, 0.6) is 5.75 Å². The fraction of sp³-hybridized carbons (Fsp3) is 0.667. The van der Waals surface area contributed by atoms with Gasteiger partial charge in [0.05, 0.1) is 0 Å². The summed E-state index contributed by atoms with van der Waals surface area (Å²) in [4.78, 5) is 17.4. The summed E-state index contributed by atoms with van der Waals surface area (Å²) in [5, 5.41) is 0.765. The number of nitrogens with zero attached hydrogens (tertiary/aromatic N) is 2. The lowest BCUT2D eigenvalue weighted by molar-refractivity contribution is -0.137. The van der Waals surface area contributed by atoms with E-state index in [1.807, 2.05) is 26.0 Å². The van der Waals surface area contributed by atoms with Gasteiger partial charge in [0.1, 0.15) is 5.75 Å². The van der Waals surface area contributed by atoms with Gasteiger partial charge in [-0.2, -0.15) is 0 Å². The van der Waals surface area contributed by atoms with E-state index in [2.05, 4.69) is 9.80 Å². The van der Waals surface area contributed by atoms with Gasteiger partial charge in [-0.1, -0.05) is 11.6 Å². The molecule has 26 heavy (non-hydrogen) atoms. The minimum atomic E-state index is 0.112. The van der Waals surface area contributed by atoms with E-state index in [1.165, 1.54) is 32.4 Å². The number of rotatable bonds is 6. The first-order valence-corrected chi connectivity index (χ1v) is 10.3. The lowest BCUT2D eigenvalue weighted by atomic mass is 9.99. The molecule has 2 saturated heterocycles. The maximum atomic E-state index is 12.8. The Balaban J connectivity index is 1.54. The van der Waals surface area contributed by atoms with E-state index in [9.17, 15) is 4.79 Å². The molecule has 2 aliphatic heterocycles. The monoisotopic (exact) mass is 378 g/mol.